The fraction of sp³-hybridized carbons (Fsp3) is 0.370. The summed E-state index contributed by atoms with van der Waals surface area (Å²) in [4.78, 5) is 32.2. The van der Waals surface area contributed by atoms with Crippen LogP contribution >= 0.6 is 11.8 Å². The summed E-state index contributed by atoms with van der Waals surface area (Å²) in [6.07, 6.45) is 5.31. The number of carbonyl (C=O) groups excluding carboxylic acids is 2. The van der Waals surface area contributed by atoms with Crippen molar-refractivity contribution in [3.8, 4) is 6.07 Å². The van der Waals surface area contributed by atoms with Gasteiger partial charge in [-0.05, 0) is 84.9 Å². The summed E-state index contributed by atoms with van der Waals surface area (Å²) in [5.41, 5.74) is 5.40. The number of amides is 3. The van der Waals surface area contributed by atoms with Crippen LogP contribution in [0.4, 0.5) is 10.5 Å². The van der Waals surface area contributed by atoms with E-state index in [1.807, 2.05) is 55.1 Å². The molecule has 3 amide bonds. The third-order valence-electron chi connectivity index (χ3n) is 7.09. The number of anilines is 1. The standard InChI is InChI=1S/C27H27N3O2S/c1-17-12-13-21(14-18(17)2)30-25(31)24-22-10-4-3-5-11-23(22)33-26(24)29(27(30)32)16-20-9-7-6-8-19(20)15-28/h6-9,12-14,24,26H,3-5,10-11,16H2,1-2H3. The van der Waals surface area contributed by atoms with E-state index in [4.69, 9.17) is 0 Å². The van der Waals surface area contributed by atoms with E-state index < -0.39 is 0 Å². The Morgan fingerprint density at radius 3 is 2.61 bits per heavy atom. The molecule has 168 valence electrons. The van der Waals surface area contributed by atoms with Gasteiger partial charge in [0.15, 0.2) is 0 Å². The number of rotatable bonds is 3. The molecule has 1 aliphatic carbocycles. The molecule has 0 radical (unpaired) electrons. The fourth-order valence-electron chi connectivity index (χ4n) is 5.12. The van der Waals surface area contributed by atoms with E-state index in [9.17, 15) is 14.9 Å². The fourth-order valence-corrected chi connectivity index (χ4v) is 6.77. The number of carbonyl (C=O) groups is 2. The molecule has 2 unspecified atom stereocenters. The van der Waals surface area contributed by atoms with Crippen LogP contribution in [0.3, 0.4) is 0 Å². The van der Waals surface area contributed by atoms with Gasteiger partial charge in [-0.1, -0.05) is 30.7 Å². The Balaban J connectivity index is 1.59. The van der Waals surface area contributed by atoms with Crippen LogP contribution < -0.4 is 4.90 Å². The van der Waals surface area contributed by atoms with E-state index in [1.54, 1.807) is 17.8 Å². The first-order valence-corrected chi connectivity index (χ1v) is 12.5. The van der Waals surface area contributed by atoms with Crippen LogP contribution in [0.1, 0.15) is 54.4 Å². The van der Waals surface area contributed by atoms with E-state index in [-0.39, 0.29) is 23.2 Å². The lowest BCUT2D eigenvalue weighted by Crippen LogP contribution is -2.60. The topological polar surface area (TPSA) is 64.4 Å². The minimum atomic E-state index is -0.323. The zero-order chi connectivity index (χ0) is 23.1. The molecule has 0 bridgehead atoms. The third kappa shape index (κ3) is 3.75. The van der Waals surface area contributed by atoms with E-state index in [2.05, 4.69) is 6.07 Å². The molecule has 1 saturated heterocycles. The Morgan fingerprint density at radius 1 is 1.03 bits per heavy atom. The maximum Gasteiger partial charge on any atom is 0.332 e. The number of urea groups is 1. The zero-order valence-corrected chi connectivity index (χ0v) is 19.8. The number of allylic oxidation sites excluding steroid dienone is 1. The van der Waals surface area contributed by atoms with Crippen LogP contribution in [0, 0.1) is 31.1 Å². The Morgan fingerprint density at radius 2 is 1.82 bits per heavy atom. The smallest absolute Gasteiger partial charge is 0.306 e. The molecule has 5 nitrogen and oxygen atoms in total. The molecule has 2 atom stereocenters. The zero-order valence-electron chi connectivity index (χ0n) is 19.0. The first-order chi connectivity index (χ1) is 16.0. The highest BCUT2D eigenvalue weighted by Gasteiger charge is 2.52. The predicted molar refractivity (Wildman–Crippen MR) is 130 cm³/mol. The summed E-state index contributed by atoms with van der Waals surface area (Å²) in [6, 6.07) is 15.1. The molecule has 5 rings (SSSR count). The maximum absolute atomic E-state index is 13.9. The molecule has 0 spiro atoms. The van der Waals surface area contributed by atoms with E-state index in [0.717, 1.165) is 42.4 Å². The molecule has 0 aromatic heterocycles. The van der Waals surface area contributed by atoms with Gasteiger partial charge in [-0.25, -0.2) is 9.69 Å². The van der Waals surface area contributed by atoms with Crippen LogP contribution in [0.15, 0.2) is 52.9 Å². The van der Waals surface area contributed by atoms with Crippen LogP contribution in [-0.2, 0) is 11.3 Å². The van der Waals surface area contributed by atoms with Gasteiger partial charge in [0, 0.05) is 6.54 Å². The lowest BCUT2D eigenvalue weighted by atomic mass is 9.90. The van der Waals surface area contributed by atoms with Crippen molar-refractivity contribution in [2.24, 2.45) is 5.92 Å². The van der Waals surface area contributed by atoms with Gasteiger partial charge in [0.25, 0.3) is 0 Å². The molecule has 0 N–H and O–H groups in total. The van der Waals surface area contributed by atoms with Crippen molar-refractivity contribution >= 4 is 29.4 Å². The normalized spacial score (nSPS) is 22.7. The number of nitrogens with zero attached hydrogens (tertiary/aromatic N) is 3. The monoisotopic (exact) mass is 457 g/mol. The van der Waals surface area contributed by atoms with Crippen LogP contribution in [0.5, 0.6) is 0 Å². The highest BCUT2D eigenvalue weighted by Crippen LogP contribution is 2.52. The molecule has 2 aliphatic heterocycles. The third-order valence-corrected chi connectivity index (χ3v) is 8.61. The molecule has 2 aromatic carbocycles. The SMILES string of the molecule is Cc1ccc(N2C(=O)C3C4=C(CCCCC4)SC3N(Cc3ccccc3C#N)C2=O)cc1C. The number of imide groups is 1. The molecule has 2 heterocycles. The predicted octanol–water partition coefficient (Wildman–Crippen LogP) is 6.05. The molecule has 2 aromatic rings. The van der Waals surface area contributed by atoms with Gasteiger partial charge in [-0.2, -0.15) is 5.26 Å². The number of thioether (sulfide) groups is 1. The molecule has 1 fully saturated rings. The Kier molecular flexibility index (Phi) is 5.76. The van der Waals surface area contributed by atoms with Gasteiger partial charge in [0.1, 0.15) is 0 Å². The molecule has 6 heteroatoms. The average molecular weight is 458 g/mol. The highest BCUT2D eigenvalue weighted by molar-refractivity contribution is 8.04. The Labute approximate surface area is 199 Å². The van der Waals surface area contributed by atoms with Crippen molar-refractivity contribution in [1.82, 2.24) is 4.90 Å². The largest absolute Gasteiger partial charge is 0.332 e. The summed E-state index contributed by atoms with van der Waals surface area (Å²) >= 11 is 1.70. The van der Waals surface area contributed by atoms with Gasteiger partial charge < -0.3 is 4.90 Å². The van der Waals surface area contributed by atoms with Crippen LogP contribution in [0.25, 0.3) is 0 Å². The lowest BCUT2D eigenvalue weighted by molar-refractivity contribution is -0.122. The Bertz CT molecular complexity index is 1210. The van der Waals surface area contributed by atoms with Crippen molar-refractivity contribution in [2.75, 3.05) is 4.90 Å². The van der Waals surface area contributed by atoms with Crippen LogP contribution in [0.2, 0.25) is 0 Å². The van der Waals surface area contributed by atoms with Crippen molar-refractivity contribution < 1.29 is 9.59 Å². The first-order valence-electron chi connectivity index (χ1n) is 11.6. The number of nitriles is 1. The number of benzene rings is 2. The maximum atomic E-state index is 13.9. The van der Waals surface area contributed by atoms with E-state index in [0.29, 0.717) is 17.8 Å². The summed E-state index contributed by atoms with van der Waals surface area (Å²) < 4.78 is 0. The minimum Gasteiger partial charge on any atom is -0.306 e. The van der Waals surface area contributed by atoms with Gasteiger partial charge in [-0.15, -0.1) is 11.8 Å². The summed E-state index contributed by atoms with van der Waals surface area (Å²) in [6.45, 7) is 4.33. The van der Waals surface area contributed by atoms with Crippen molar-refractivity contribution in [1.29, 1.82) is 5.26 Å². The van der Waals surface area contributed by atoms with Gasteiger partial charge in [0.2, 0.25) is 5.91 Å². The average Bonchev–Trinajstić information content (AvgIpc) is 3.02. The lowest BCUT2D eigenvalue weighted by Gasteiger charge is -2.42. The number of hydrogen-bond donors (Lipinski definition) is 0. The van der Waals surface area contributed by atoms with Crippen molar-refractivity contribution in [2.45, 2.75) is 57.9 Å². The first kappa shape index (κ1) is 21.8. The molecular weight excluding hydrogens is 430 g/mol. The summed E-state index contributed by atoms with van der Waals surface area (Å²) in [5.74, 6) is -0.436. The summed E-state index contributed by atoms with van der Waals surface area (Å²) in [5, 5.41) is 9.35. The second kappa shape index (κ2) is 8.72. The number of aryl methyl sites for hydroxylation is 2. The second-order valence-corrected chi connectivity index (χ2v) is 10.3. The quantitative estimate of drug-likeness (QED) is 0.563. The molecule has 33 heavy (non-hydrogen) atoms. The highest BCUT2D eigenvalue weighted by atomic mass is 32.2. The van der Waals surface area contributed by atoms with Gasteiger partial charge in [0.05, 0.1) is 28.6 Å². The van der Waals surface area contributed by atoms with Crippen molar-refractivity contribution in [3.05, 3.63) is 75.2 Å². The minimum absolute atomic E-state index is 0.113. The molecular formula is C27H27N3O2S. The Hall–Kier alpha value is -3.04. The summed E-state index contributed by atoms with van der Waals surface area (Å²) in [7, 11) is 0. The van der Waals surface area contributed by atoms with E-state index >= 15 is 0 Å². The van der Waals surface area contributed by atoms with Gasteiger partial charge in [-0.3, -0.25) is 4.79 Å². The molecule has 0 saturated carbocycles. The second-order valence-electron chi connectivity index (χ2n) is 9.12. The van der Waals surface area contributed by atoms with Crippen molar-refractivity contribution in [3.63, 3.8) is 0 Å². The number of fused-ring (bicyclic) bond motifs is 2. The van der Waals surface area contributed by atoms with Crippen LogP contribution in [-0.4, -0.2) is 22.2 Å². The van der Waals surface area contributed by atoms with E-state index in [1.165, 1.54) is 21.8 Å². The number of hydrogen-bond acceptors (Lipinski definition) is 4. The van der Waals surface area contributed by atoms with Gasteiger partial charge >= 0.3 is 6.03 Å². The molecule has 3 aliphatic rings.